The van der Waals surface area contributed by atoms with E-state index in [2.05, 4.69) is 23.9 Å². The maximum Gasteiger partial charge on any atom is 0.161 e. The summed E-state index contributed by atoms with van der Waals surface area (Å²) < 4.78 is 11.1. The van der Waals surface area contributed by atoms with Crippen LogP contribution < -0.4 is 9.47 Å². The lowest BCUT2D eigenvalue weighted by molar-refractivity contribution is 0.0632. The summed E-state index contributed by atoms with van der Waals surface area (Å²) >= 11 is 0. The third-order valence-corrected chi connectivity index (χ3v) is 4.43. The molecule has 21 heavy (non-hydrogen) atoms. The third kappa shape index (κ3) is 3.31. The van der Waals surface area contributed by atoms with Crippen LogP contribution >= 0.6 is 0 Å². The van der Waals surface area contributed by atoms with Gasteiger partial charge in [-0.2, -0.15) is 0 Å². The number of hydrogen-bond donors (Lipinski definition) is 1. The number of benzene rings is 1. The van der Waals surface area contributed by atoms with Gasteiger partial charge in [0.05, 0.1) is 6.10 Å². The SMILES string of the molecule is CN1CCN(C)C(CC(O)c2ccc3c(c2)OCCO3)C1. The molecule has 0 amide bonds. The molecule has 2 aliphatic heterocycles. The van der Waals surface area contributed by atoms with E-state index in [4.69, 9.17) is 9.47 Å². The molecule has 0 radical (unpaired) electrons. The Morgan fingerprint density at radius 3 is 2.76 bits per heavy atom. The number of nitrogens with zero attached hydrogens (tertiary/aromatic N) is 2. The minimum atomic E-state index is -0.472. The summed E-state index contributed by atoms with van der Waals surface area (Å²) in [4.78, 5) is 4.66. The van der Waals surface area contributed by atoms with Gasteiger partial charge < -0.3 is 24.4 Å². The molecule has 2 atom stereocenters. The van der Waals surface area contributed by atoms with Gasteiger partial charge in [0.15, 0.2) is 11.5 Å². The Morgan fingerprint density at radius 1 is 1.19 bits per heavy atom. The minimum Gasteiger partial charge on any atom is -0.486 e. The fourth-order valence-electron chi connectivity index (χ4n) is 3.02. The Morgan fingerprint density at radius 2 is 1.95 bits per heavy atom. The van der Waals surface area contributed by atoms with Crippen molar-refractivity contribution in [1.29, 1.82) is 0 Å². The summed E-state index contributed by atoms with van der Waals surface area (Å²) in [5.74, 6) is 1.51. The first-order valence-electron chi connectivity index (χ1n) is 7.60. The first kappa shape index (κ1) is 14.6. The molecule has 1 aromatic carbocycles. The fourth-order valence-corrected chi connectivity index (χ4v) is 3.02. The predicted molar refractivity (Wildman–Crippen MR) is 80.9 cm³/mol. The van der Waals surface area contributed by atoms with Crippen LogP contribution in [0.25, 0.3) is 0 Å². The number of fused-ring (bicyclic) bond motifs is 1. The fraction of sp³-hybridized carbons (Fsp3) is 0.625. The molecule has 0 spiro atoms. The maximum atomic E-state index is 10.5. The van der Waals surface area contributed by atoms with Crippen LogP contribution in [-0.4, -0.2) is 67.9 Å². The van der Waals surface area contributed by atoms with Gasteiger partial charge >= 0.3 is 0 Å². The lowest BCUT2D eigenvalue weighted by atomic mass is 9.99. The van der Waals surface area contributed by atoms with Gasteiger partial charge in [-0.05, 0) is 38.2 Å². The van der Waals surface area contributed by atoms with Crippen LogP contribution in [-0.2, 0) is 0 Å². The zero-order valence-electron chi connectivity index (χ0n) is 12.8. The van der Waals surface area contributed by atoms with Crippen molar-refractivity contribution in [3.63, 3.8) is 0 Å². The topological polar surface area (TPSA) is 45.2 Å². The Labute approximate surface area is 126 Å². The summed E-state index contributed by atoms with van der Waals surface area (Å²) in [6.45, 7) is 4.30. The average molecular weight is 292 g/mol. The van der Waals surface area contributed by atoms with Crippen LogP contribution in [0.2, 0.25) is 0 Å². The Kier molecular flexibility index (Phi) is 4.33. The van der Waals surface area contributed by atoms with Gasteiger partial charge in [0.1, 0.15) is 13.2 Å². The quantitative estimate of drug-likeness (QED) is 0.905. The largest absolute Gasteiger partial charge is 0.486 e. The lowest BCUT2D eigenvalue weighted by Gasteiger charge is -2.38. The van der Waals surface area contributed by atoms with Crippen LogP contribution in [0.5, 0.6) is 11.5 Å². The van der Waals surface area contributed by atoms with Crippen LogP contribution in [0.4, 0.5) is 0 Å². The highest BCUT2D eigenvalue weighted by atomic mass is 16.6. The second kappa shape index (κ2) is 6.22. The van der Waals surface area contributed by atoms with Gasteiger partial charge in [-0.3, -0.25) is 0 Å². The van der Waals surface area contributed by atoms with Gasteiger partial charge in [-0.15, -0.1) is 0 Å². The summed E-state index contributed by atoms with van der Waals surface area (Å²) in [6.07, 6.45) is 0.264. The van der Waals surface area contributed by atoms with E-state index >= 15 is 0 Å². The normalized spacial score (nSPS) is 24.8. The molecule has 1 saturated heterocycles. The van der Waals surface area contributed by atoms with Crippen molar-refractivity contribution in [3.8, 4) is 11.5 Å². The summed E-state index contributed by atoms with van der Waals surface area (Å²) in [5, 5.41) is 10.5. The number of rotatable bonds is 3. The zero-order chi connectivity index (χ0) is 14.8. The van der Waals surface area contributed by atoms with Crippen molar-refractivity contribution in [2.75, 3.05) is 46.9 Å². The molecule has 0 aliphatic carbocycles. The summed E-state index contributed by atoms with van der Waals surface area (Å²) in [6, 6.07) is 6.12. The van der Waals surface area contributed by atoms with E-state index in [0.29, 0.717) is 19.3 Å². The Hall–Kier alpha value is -1.30. The van der Waals surface area contributed by atoms with Crippen LogP contribution in [0.3, 0.4) is 0 Å². The molecule has 2 heterocycles. The molecule has 1 N–H and O–H groups in total. The van der Waals surface area contributed by atoms with Gasteiger partial charge in [-0.25, -0.2) is 0 Å². The molecular weight excluding hydrogens is 268 g/mol. The second-order valence-corrected chi connectivity index (χ2v) is 6.05. The highest BCUT2D eigenvalue weighted by molar-refractivity contribution is 5.44. The highest BCUT2D eigenvalue weighted by Gasteiger charge is 2.25. The zero-order valence-corrected chi connectivity index (χ0v) is 12.8. The van der Waals surface area contributed by atoms with E-state index in [1.807, 2.05) is 18.2 Å². The predicted octanol–water partition coefficient (Wildman–Crippen LogP) is 1.13. The van der Waals surface area contributed by atoms with Gasteiger partial charge in [0, 0.05) is 25.7 Å². The van der Waals surface area contributed by atoms with E-state index in [1.54, 1.807) is 0 Å². The molecule has 3 rings (SSSR count). The standard InChI is InChI=1S/C16H24N2O3/c1-17-5-6-18(2)13(11-17)10-14(19)12-3-4-15-16(9-12)21-8-7-20-15/h3-4,9,13-14,19H,5-8,10-11H2,1-2H3. The Bertz CT molecular complexity index is 494. The molecular formula is C16H24N2O3. The van der Waals surface area contributed by atoms with Crippen LogP contribution in [0, 0.1) is 0 Å². The number of piperazine rings is 1. The number of ether oxygens (including phenoxy) is 2. The number of hydrogen-bond acceptors (Lipinski definition) is 5. The molecule has 1 fully saturated rings. The molecule has 5 heteroatoms. The van der Waals surface area contributed by atoms with Crippen molar-refractivity contribution >= 4 is 0 Å². The number of likely N-dealkylation sites (N-methyl/N-ethyl adjacent to an activating group) is 2. The molecule has 2 aliphatic rings. The first-order chi connectivity index (χ1) is 10.1. The number of aliphatic hydroxyl groups is 1. The van der Waals surface area contributed by atoms with Crippen LogP contribution in [0.1, 0.15) is 18.1 Å². The molecule has 0 saturated carbocycles. The monoisotopic (exact) mass is 292 g/mol. The van der Waals surface area contributed by atoms with E-state index in [-0.39, 0.29) is 0 Å². The number of aliphatic hydroxyl groups excluding tert-OH is 1. The third-order valence-electron chi connectivity index (χ3n) is 4.43. The van der Waals surface area contributed by atoms with Crippen molar-refractivity contribution in [3.05, 3.63) is 23.8 Å². The van der Waals surface area contributed by atoms with Gasteiger partial charge in [0.2, 0.25) is 0 Å². The molecule has 5 nitrogen and oxygen atoms in total. The summed E-state index contributed by atoms with van der Waals surface area (Å²) in [7, 11) is 4.27. The van der Waals surface area contributed by atoms with Crippen molar-refractivity contribution in [2.45, 2.75) is 18.6 Å². The minimum absolute atomic E-state index is 0.381. The highest BCUT2D eigenvalue weighted by Crippen LogP contribution is 2.34. The van der Waals surface area contributed by atoms with Gasteiger partial charge in [-0.1, -0.05) is 6.07 Å². The van der Waals surface area contributed by atoms with E-state index in [9.17, 15) is 5.11 Å². The second-order valence-electron chi connectivity index (χ2n) is 6.05. The van der Waals surface area contributed by atoms with E-state index < -0.39 is 6.10 Å². The van der Waals surface area contributed by atoms with E-state index in [1.165, 1.54) is 0 Å². The smallest absolute Gasteiger partial charge is 0.161 e. The maximum absolute atomic E-state index is 10.5. The van der Waals surface area contributed by atoms with Crippen molar-refractivity contribution < 1.29 is 14.6 Å². The molecule has 0 aromatic heterocycles. The van der Waals surface area contributed by atoms with Crippen molar-refractivity contribution in [1.82, 2.24) is 9.80 Å². The van der Waals surface area contributed by atoms with Gasteiger partial charge in [0.25, 0.3) is 0 Å². The van der Waals surface area contributed by atoms with Crippen molar-refractivity contribution in [2.24, 2.45) is 0 Å². The molecule has 1 aromatic rings. The van der Waals surface area contributed by atoms with E-state index in [0.717, 1.165) is 43.1 Å². The average Bonchev–Trinajstić information content (AvgIpc) is 2.50. The summed E-state index contributed by atoms with van der Waals surface area (Å²) in [5.41, 5.74) is 0.904. The molecule has 2 unspecified atom stereocenters. The Balaban J connectivity index is 1.68. The molecule has 0 bridgehead atoms. The first-order valence-corrected chi connectivity index (χ1v) is 7.60. The molecule has 116 valence electrons. The lowest BCUT2D eigenvalue weighted by Crippen LogP contribution is -2.50. The van der Waals surface area contributed by atoms with Crippen LogP contribution in [0.15, 0.2) is 18.2 Å².